The molecule has 1 rings (SSSR count). The van der Waals surface area contributed by atoms with E-state index in [0.29, 0.717) is 0 Å². The molecule has 0 saturated carbocycles. The summed E-state index contributed by atoms with van der Waals surface area (Å²) < 4.78 is 6.65. The summed E-state index contributed by atoms with van der Waals surface area (Å²) in [6.07, 6.45) is 18.5. The van der Waals surface area contributed by atoms with Gasteiger partial charge in [0.2, 0.25) is 0 Å². The molecule has 2 N–H and O–H groups in total. The Labute approximate surface area is 242 Å². The number of nitro benzene ring substituents is 2. The molecule has 0 aromatic heterocycles. The first-order chi connectivity index (χ1) is 18.8. The van der Waals surface area contributed by atoms with E-state index in [9.17, 15) is 25.3 Å². The van der Waals surface area contributed by atoms with Gasteiger partial charge in [0.1, 0.15) is 5.69 Å². The Balaban J connectivity index is 2.83. The maximum absolute atomic E-state index is 11.6. The Bertz CT molecular complexity index is 933. The van der Waals surface area contributed by atoms with Crippen molar-refractivity contribution in [2.45, 2.75) is 135 Å². The SMILES string of the molecule is CCCCCCCCCCCCC/C=C\[C@@H](O[Si](C)(C)C(C)(C)C)[C@H](CO)Nc1ccc([N+](=O)[O-])cc1[N+](=O)[O-]. The third-order valence-electron chi connectivity index (χ3n) is 7.86. The molecule has 0 aliphatic heterocycles. The number of unbranched alkanes of at least 4 members (excludes halogenated alkanes) is 11. The smallest absolute Gasteiger partial charge is 0.299 e. The van der Waals surface area contributed by atoms with Crippen LogP contribution in [0.25, 0.3) is 0 Å². The van der Waals surface area contributed by atoms with Crippen LogP contribution in [0, 0.1) is 20.2 Å². The van der Waals surface area contributed by atoms with Gasteiger partial charge in [0.15, 0.2) is 8.32 Å². The fraction of sp³-hybridized carbons (Fsp3) is 0.733. The summed E-state index contributed by atoms with van der Waals surface area (Å²) in [5, 5.41) is 36.0. The number of nitrogens with one attached hydrogen (secondary N) is 1. The summed E-state index contributed by atoms with van der Waals surface area (Å²) in [6.45, 7) is 12.6. The highest BCUT2D eigenvalue weighted by molar-refractivity contribution is 6.74. The van der Waals surface area contributed by atoms with Gasteiger partial charge in [-0.1, -0.05) is 104 Å². The van der Waals surface area contributed by atoms with Gasteiger partial charge in [-0.05, 0) is 37.0 Å². The summed E-state index contributed by atoms with van der Waals surface area (Å²) in [6, 6.07) is 2.80. The molecule has 0 spiro atoms. The maximum Gasteiger partial charge on any atom is 0.299 e. The molecule has 0 heterocycles. The first-order valence-corrected chi connectivity index (χ1v) is 17.9. The van der Waals surface area contributed by atoms with E-state index in [1.54, 1.807) is 0 Å². The summed E-state index contributed by atoms with van der Waals surface area (Å²) >= 11 is 0. The second-order valence-electron chi connectivity index (χ2n) is 12.2. The van der Waals surface area contributed by atoms with E-state index in [-0.39, 0.29) is 23.0 Å². The molecule has 228 valence electrons. The van der Waals surface area contributed by atoms with Gasteiger partial charge in [-0.3, -0.25) is 20.2 Å². The second-order valence-corrected chi connectivity index (χ2v) is 17.0. The Morgan fingerprint density at radius 1 is 0.950 bits per heavy atom. The highest BCUT2D eigenvalue weighted by Crippen LogP contribution is 2.38. The Morgan fingerprint density at radius 3 is 1.98 bits per heavy atom. The minimum absolute atomic E-state index is 0.0749. The van der Waals surface area contributed by atoms with E-state index in [2.05, 4.69) is 52.2 Å². The van der Waals surface area contributed by atoms with Crippen LogP contribution >= 0.6 is 0 Å². The minimum Gasteiger partial charge on any atom is -0.408 e. The monoisotopic (exact) mass is 579 g/mol. The Kier molecular flexibility index (Phi) is 16.2. The lowest BCUT2D eigenvalue weighted by molar-refractivity contribution is -0.393. The fourth-order valence-electron chi connectivity index (χ4n) is 4.27. The van der Waals surface area contributed by atoms with Crippen molar-refractivity contribution in [3.8, 4) is 0 Å². The standard InChI is InChI=1S/C30H53N3O6Si/c1-7-8-9-10-11-12-13-14-15-16-17-18-19-20-29(39-40(5,6)30(2,3)4)27(24-34)31-26-22-21-25(32(35)36)23-28(26)33(37)38/h19-23,27,29,31,34H,7-18,24H2,1-6H3/b20-19-/t27-,29+/m0/s1. The Morgan fingerprint density at radius 2 is 1.50 bits per heavy atom. The molecule has 1 aromatic carbocycles. The van der Waals surface area contributed by atoms with Crippen LogP contribution in [-0.4, -0.2) is 42.0 Å². The quantitative estimate of drug-likeness (QED) is 0.0489. The van der Waals surface area contributed by atoms with Crippen molar-refractivity contribution in [2.75, 3.05) is 11.9 Å². The number of aliphatic hydroxyl groups excluding tert-OH is 1. The van der Waals surface area contributed by atoms with Crippen molar-refractivity contribution in [1.29, 1.82) is 0 Å². The summed E-state index contributed by atoms with van der Waals surface area (Å²) in [7, 11) is -2.25. The van der Waals surface area contributed by atoms with Gasteiger partial charge < -0.3 is 14.8 Å². The zero-order valence-corrected chi connectivity index (χ0v) is 26.6. The number of benzene rings is 1. The van der Waals surface area contributed by atoms with E-state index in [1.807, 2.05) is 6.08 Å². The van der Waals surface area contributed by atoms with Crippen molar-refractivity contribution in [2.24, 2.45) is 0 Å². The molecule has 0 unspecified atom stereocenters. The van der Waals surface area contributed by atoms with Gasteiger partial charge in [-0.15, -0.1) is 0 Å². The third kappa shape index (κ3) is 12.9. The van der Waals surface area contributed by atoms with Crippen LogP contribution in [-0.2, 0) is 4.43 Å². The molecule has 0 amide bonds. The highest BCUT2D eigenvalue weighted by atomic mass is 28.4. The largest absolute Gasteiger partial charge is 0.408 e. The second kappa shape index (κ2) is 18.2. The summed E-state index contributed by atoms with van der Waals surface area (Å²) in [5.74, 6) is 0. The zero-order valence-electron chi connectivity index (χ0n) is 25.6. The van der Waals surface area contributed by atoms with E-state index < -0.39 is 36.0 Å². The zero-order chi connectivity index (χ0) is 30.2. The normalized spacial score (nSPS) is 13.9. The molecule has 9 nitrogen and oxygen atoms in total. The van der Waals surface area contributed by atoms with Gasteiger partial charge in [-0.2, -0.15) is 0 Å². The lowest BCUT2D eigenvalue weighted by atomic mass is 10.0. The molecular formula is C30H53N3O6Si. The number of aliphatic hydroxyl groups is 1. The molecule has 40 heavy (non-hydrogen) atoms. The van der Waals surface area contributed by atoms with E-state index in [4.69, 9.17) is 4.43 Å². The number of hydrogen-bond donors (Lipinski definition) is 2. The van der Waals surface area contributed by atoms with Crippen LogP contribution in [0.3, 0.4) is 0 Å². The molecule has 1 aromatic rings. The average molecular weight is 580 g/mol. The van der Waals surface area contributed by atoms with Gasteiger partial charge in [-0.25, -0.2) is 0 Å². The topological polar surface area (TPSA) is 128 Å². The molecule has 0 aliphatic carbocycles. The van der Waals surface area contributed by atoms with Gasteiger partial charge in [0.05, 0.1) is 34.7 Å². The third-order valence-corrected chi connectivity index (χ3v) is 12.3. The number of rotatable bonds is 21. The van der Waals surface area contributed by atoms with Gasteiger partial charge in [0, 0.05) is 6.07 Å². The van der Waals surface area contributed by atoms with Crippen molar-refractivity contribution < 1.29 is 19.4 Å². The molecular weight excluding hydrogens is 526 g/mol. The molecule has 0 radical (unpaired) electrons. The lowest BCUT2D eigenvalue weighted by Crippen LogP contribution is -2.49. The predicted molar refractivity (Wildman–Crippen MR) is 167 cm³/mol. The van der Waals surface area contributed by atoms with Crippen molar-refractivity contribution in [3.05, 3.63) is 50.6 Å². The average Bonchev–Trinajstić information content (AvgIpc) is 2.88. The van der Waals surface area contributed by atoms with Crippen LogP contribution < -0.4 is 5.32 Å². The molecule has 2 atom stereocenters. The fourth-order valence-corrected chi connectivity index (χ4v) is 5.54. The maximum atomic E-state index is 11.6. The van der Waals surface area contributed by atoms with Crippen LogP contribution in [0.4, 0.5) is 17.1 Å². The number of allylic oxidation sites excluding steroid dienone is 1. The van der Waals surface area contributed by atoms with Crippen LogP contribution in [0.15, 0.2) is 30.4 Å². The van der Waals surface area contributed by atoms with E-state index >= 15 is 0 Å². The number of nitrogens with zero attached hydrogens (tertiary/aromatic N) is 2. The van der Waals surface area contributed by atoms with Crippen molar-refractivity contribution >= 4 is 25.4 Å². The van der Waals surface area contributed by atoms with Crippen LogP contribution in [0.1, 0.15) is 105 Å². The van der Waals surface area contributed by atoms with Gasteiger partial charge in [0.25, 0.3) is 11.4 Å². The van der Waals surface area contributed by atoms with Crippen LogP contribution in [0.2, 0.25) is 18.1 Å². The van der Waals surface area contributed by atoms with Gasteiger partial charge >= 0.3 is 0 Å². The molecule has 10 heteroatoms. The number of nitro groups is 2. The van der Waals surface area contributed by atoms with E-state index in [0.717, 1.165) is 18.9 Å². The Hall–Kier alpha value is -2.30. The summed E-state index contributed by atoms with van der Waals surface area (Å²) in [5.41, 5.74) is -0.667. The minimum atomic E-state index is -2.25. The first-order valence-electron chi connectivity index (χ1n) is 15.0. The number of non-ortho nitro benzene ring substituents is 1. The lowest BCUT2D eigenvalue weighted by Gasteiger charge is -2.40. The molecule has 0 bridgehead atoms. The molecule has 0 fully saturated rings. The molecule has 0 aliphatic rings. The first kappa shape index (κ1) is 35.7. The van der Waals surface area contributed by atoms with E-state index in [1.165, 1.54) is 76.3 Å². The van der Waals surface area contributed by atoms with Crippen molar-refractivity contribution in [3.63, 3.8) is 0 Å². The molecule has 0 saturated heterocycles. The highest BCUT2D eigenvalue weighted by Gasteiger charge is 2.40. The van der Waals surface area contributed by atoms with Crippen molar-refractivity contribution in [1.82, 2.24) is 0 Å². The number of anilines is 1. The predicted octanol–water partition coefficient (Wildman–Crippen LogP) is 8.92. The summed E-state index contributed by atoms with van der Waals surface area (Å²) in [4.78, 5) is 21.5. The van der Waals surface area contributed by atoms with Crippen LogP contribution in [0.5, 0.6) is 0 Å². The number of hydrogen-bond acceptors (Lipinski definition) is 7.